The first-order valence-corrected chi connectivity index (χ1v) is 16.9. The highest BCUT2D eigenvalue weighted by Crippen LogP contribution is 2.47. The number of hydrogen-bond acceptors (Lipinski definition) is 12. The Morgan fingerprint density at radius 1 is 1.16 bits per heavy atom. The van der Waals surface area contributed by atoms with Crippen LogP contribution in [-0.4, -0.2) is 71.5 Å². The number of carbonyl (C=O) groups excluding carboxylic acids is 4. The van der Waals surface area contributed by atoms with Crippen LogP contribution in [0.25, 0.3) is 0 Å². The minimum Gasteiger partial charge on any atom is -0.462 e. The number of carbonyl (C=O) groups is 4. The highest BCUT2D eigenvalue weighted by Gasteiger charge is 2.61. The zero-order valence-electron chi connectivity index (χ0n) is 25.6. The number of rotatable bonds is 14. The predicted molar refractivity (Wildman–Crippen MR) is 163 cm³/mol. The zero-order chi connectivity index (χ0) is 32.7. The first kappa shape index (κ1) is 35.2. The van der Waals surface area contributed by atoms with Gasteiger partial charge in [-0.2, -0.15) is 0 Å². The van der Waals surface area contributed by atoms with Crippen LogP contribution in [-0.2, 0) is 54.5 Å². The molecular weight excluding hydrogens is 613 g/mol. The van der Waals surface area contributed by atoms with Crippen LogP contribution in [0.1, 0.15) is 54.4 Å². The molecule has 0 aliphatic carbocycles. The van der Waals surface area contributed by atoms with Crippen molar-refractivity contribution >= 4 is 42.3 Å². The molecule has 2 heterocycles. The molecule has 44 heavy (non-hydrogen) atoms. The minimum absolute atomic E-state index is 0.0328. The fraction of sp³-hybridized carbons (Fsp3) is 0.517. The van der Waals surface area contributed by atoms with Gasteiger partial charge in [-0.05, 0) is 51.6 Å². The standard InChI is InChI=1S/C29H40N3O10PS/c1-8-24(34)40-26-22(39-28(29(26,7)41-25(35)9-2)32-16-15-23(33)30-20(32)6)17-37-43(44,42-21-13-11-10-12-14-21)31-19(5)27(36)38-18(3)4/h10-16,18-19,22,26,28H,6,8-9,17H2,1-5,7H3,(H,30,33)(H,31,44)/t19?,22-,26-,28-,29-,43?/m1/s1. The van der Waals surface area contributed by atoms with Gasteiger partial charge in [0.25, 0.3) is 5.91 Å². The Bertz CT molecular complexity index is 1310. The predicted octanol–water partition coefficient (Wildman–Crippen LogP) is 3.41. The number of para-hydroxylation sites is 1. The maximum absolute atomic E-state index is 12.7. The third kappa shape index (κ3) is 8.89. The van der Waals surface area contributed by atoms with Crippen molar-refractivity contribution in [3.8, 4) is 5.75 Å². The Balaban J connectivity index is 1.97. The number of nitrogens with one attached hydrogen (secondary N) is 2. The summed E-state index contributed by atoms with van der Waals surface area (Å²) in [6.07, 6.45) is -0.944. The maximum atomic E-state index is 12.7. The smallest absolute Gasteiger partial charge is 0.323 e. The van der Waals surface area contributed by atoms with Crippen LogP contribution in [0.4, 0.5) is 0 Å². The molecule has 1 fully saturated rings. The fourth-order valence-electron chi connectivity index (χ4n) is 4.41. The lowest BCUT2D eigenvalue weighted by atomic mass is 9.94. The number of ether oxygens (including phenoxy) is 4. The van der Waals surface area contributed by atoms with Crippen molar-refractivity contribution in [1.29, 1.82) is 0 Å². The van der Waals surface area contributed by atoms with E-state index in [4.69, 9.17) is 39.8 Å². The molecule has 0 saturated carbocycles. The van der Waals surface area contributed by atoms with Gasteiger partial charge in [0.15, 0.2) is 17.9 Å². The van der Waals surface area contributed by atoms with Gasteiger partial charge in [-0.15, -0.1) is 0 Å². The Morgan fingerprint density at radius 3 is 2.41 bits per heavy atom. The molecule has 13 nitrogen and oxygen atoms in total. The van der Waals surface area contributed by atoms with Crippen molar-refractivity contribution < 1.29 is 47.2 Å². The number of nitrogens with zero attached hydrogens (tertiary/aromatic N) is 1. The average Bonchev–Trinajstić information content (AvgIpc) is 3.22. The highest BCUT2D eigenvalue weighted by atomic mass is 32.5. The lowest BCUT2D eigenvalue weighted by Crippen LogP contribution is -2.57. The highest BCUT2D eigenvalue weighted by molar-refractivity contribution is 8.09. The van der Waals surface area contributed by atoms with Gasteiger partial charge in [-0.1, -0.05) is 38.6 Å². The molecule has 1 amide bonds. The zero-order valence-corrected chi connectivity index (χ0v) is 27.4. The summed E-state index contributed by atoms with van der Waals surface area (Å²) in [4.78, 5) is 51.3. The summed E-state index contributed by atoms with van der Waals surface area (Å²) in [5.41, 5.74) is -1.59. The van der Waals surface area contributed by atoms with E-state index in [1.54, 1.807) is 71.9 Å². The van der Waals surface area contributed by atoms with Crippen LogP contribution >= 0.6 is 6.64 Å². The van der Waals surface area contributed by atoms with E-state index in [1.807, 2.05) is 0 Å². The summed E-state index contributed by atoms with van der Waals surface area (Å²) in [5, 5.41) is 5.54. The summed E-state index contributed by atoms with van der Waals surface area (Å²) in [5.74, 6) is -1.57. The van der Waals surface area contributed by atoms with Gasteiger partial charge in [0.2, 0.25) is 0 Å². The molecule has 0 radical (unpaired) electrons. The summed E-state index contributed by atoms with van der Waals surface area (Å²) in [6, 6.07) is 7.76. The quantitative estimate of drug-likeness (QED) is 0.172. The van der Waals surface area contributed by atoms with Crippen molar-refractivity contribution in [1.82, 2.24) is 15.3 Å². The van der Waals surface area contributed by atoms with Gasteiger partial charge in [-0.3, -0.25) is 19.2 Å². The number of benzene rings is 1. The molecule has 1 aromatic rings. The van der Waals surface area contributed by atoms with Gasteiger partial charge in [0.05, 0.1) is 12.7 Å². The number of amides is 1. The van der Waals surface area contributed by atoms with Crippen LogP contribution in [0.15, 0.2) is 55.0 Å². The first-order chi connectivity index (χ1) is 20.7. The van der Waals surface area contributed by atoms with E-state index in [-0.39, 0.29) is 31.4 Å². The van der Waals surface area contributed by atoms with Gasteiger partial charge in [0.1, 0.15) is 23.7 Å². The Hall–Kier alpha value is -3.29. The van der Waals surface area contributed by atoms with Crippen molar-refractivity contribution in [2.75, 3.05) is 6.61 Å². The monoisotopic (exact) mass is 653 g/mol. The van der Waals surface area contributed by atoms with Gasteiger partial charge in [0, 0.05) is 25.1 Å². The van der Waals surface area contributed by atoms with Crippen molar-refractivity contribution in [3.05, 3.63) is 55.0 Å². The third-order valence-electron chi connectivity index (χ3n) is 6.52. The van der Waals surface area contributed by atoms with Crippen molar-refractivity contribution in [2.45, 2.75) is 90.6 Å². The van der Waals surface area contributed by atoms with Crippen LogP contribution < -0.4 is 14.9 Å². The van der Waals surface area contributed by atoms with E-state index in [9.17, 15) is 19.2 Å². The summed E-state index contributed by atoms with van der Waals surface area (Å²) >= 11 is 5.82. The molecule has 6 atom stereocenters. The van der Waals surface area contributed by atoms with Gasteiger partial charge >= 0.3 is 24.6 Å². The maximum Gasteiger partial charge on any atom is 0.323 e. The summed E-state index contributed by atoms with van der Waals surface area (Å²) in [6.45, 7) is 9.89. The van der Waals surface area contributed by atoms with E-state index >= 15 is 0 Å². The minimum atomic E-state index is -3.51. The third-order valence-corrected chi connectivity index (χ3v) is 9.02. The lowest BCUT2D eigenvalue weighted by molar-refractivity contribution is -0.189. The van der Waals surface area contributed by atoms with Crippen LogP contribution in [0.3, 0.4) is 0 Å². The molecule has 0 aromatic heterocycles. The first-order valence-electron chi connectivity index (χ1n) is 14.2. The van der Waals surface area contributed by atoms with Crippen LogP contribution in [0.5, 0.6) is 5.75 Å². The Morgan fingerprint density at radius 2 is 1.82 bits per heavy atom. The molecule has 2 aliphatic heterocycles. The van der Waals surface area contributed by atoms with E-state index < -0.39 is 60.5 Å². The van der Waals surface area contributed by atoms with Crippen LogP contribution in [0.2, 0.25) is 0 Å². The second kappa shape index (κ2) is 15.1. The number of esters is 3. The molecule has 0 spiro atoms. The van der Waals surface area contributed by atoms with E-state index in [1.165, 1.54) is 17.2 Å². The molecule has 3 rings (SSSR count). The summed E-state index contributed by atoms with van der Waals surface area (Å²) in [7, 11) is 0. The largest absolute Gasteiger partial charge is 0.462 e. The molecule has 15 heteroatoms. The van der Waals surface area contributed by atoms with Crippen molar-refractivity contribution in [3.63, 3.8) is 0 Å². The Labute approximate surface area is 262 Å². The molecule has 242 valence electrons. The Kier molecular flexibility index (Phi) is 12.1. The molecule has 1 saturated heterocycles. The fourth-order valence-corrected chi connectivity index (χ4v) is 6.82. The second-order valence-electron chi connectivity index (χ2n) is 10.5. The van der Waals surface area contributed by atoms with E-state index in [2.05, 4.69) is 17.0 Å². The van der Waals surface area contributed by atoms with Crippen LogP contribution in [0, 0.1) is 0 Å². The normalized spacial score (nSPS) is 25.2. The molecule has 2 unspecified atom stereocenters. The molecule has 2 aliphatic rings. The topological polar surface area (TPSA) is 151 Å². The molecule has 2 N–H and O–H groups in total. The second-order valence-corrected chi connectivity index (χ2v) is 13.6. The van der Waals surface area contributed by atoms with E-state index in [0.717, 1.165) is 0 Å². The average molecular weight is 654 g/mol. The van der Waals surface area contributed by atoms with Gasteiger partial charge in [-0.25, -0.2) is 5.09 Å². The molecule has 1 aromatic carbocycles. The summed E-state index contributed by atoms with van der Waals surface area (Å²) < 4.78 is 35.6. The van der Waals surface area contributed by atoms with Gasteiger partial charge < -0.3 is 38.2 Å². The molecular formula is C29H40N3O10PS. The molecule has 0 bridgehead atoms. The SMILES string of the molecule is C=C1NC(=O)C=CN1[C@@H]1O[C@H](COP(=S)(NC(C)C(=O)OC(C)C)Oc2ccccc2)[C@@H](OC(=O)CC)[C@@]1(C)OC(=O)CC. The lowest BCUT2D eigenvalue weighted by Gasteiger charge is -2.40. The van der Waals surface area contributed by atoms with Crippen molar-refractivity contribution in [2.24, 2.45) is 0 Å². The van der Waals surface area contributed by atoms with E-state index in [0.29, 0.717) is 5.75 Å². The number of hydrogen-bond donors (Lipinski definition) is 2.